The fourth-order valence-corrected chi connectivity index (χ4v) is 5.38. The van der Waals surface area contributed by atoms with Crippen molar-refractivity contribution < 1.29 is 62.9 Å². The van der Waals surface area contributed by atoms with Crippen molar-refractivity contribution in [2.45, 2.75) is 81.1 Å². The van der Waals surface area contributed by atoms with E-state index in [1.165, 1.54) is 37.4 Å². The molecule has 14 nitrogen and oxygen atoms in total. The molecule has 5 rings (SSSR count). The minimum Gasteiger partial charge on any atom is -0.504 e. The Kier molecular flexibility index (Phi) is 10.5. The topological polar surface area (TPSA) is 215 Å². The predicted octanol–water partition coefficient (Wildman–Crippen LogP) is -0.219. The van der Waals surface area contributed by atoms with Crippen LogP contribution in [0.25, 0.3) is 6.08 Å². The fraction of sp³-hybridized carbons (Fsp3) is 0.467. The zero-order valence-electron chi connectivity index (χ0n) is 24.5. The number of nitrogens with zero attached hydrogens (tertiary/aromatic N) is 1. The van der Waals surface area contributed by atoms with Crippen molar-refractivity contribution in [1.29, 1.82) is 0 Å². The number of hydrogen-bond acceptors (Lipinski definition) is 13. The van der Waals surface area contributed by atoms with Crippen molar-refractivity contribution >= 4 is 18.2 Å². The van der Waals surface area contributed by atoms with Crippen molar-refractivity contribution in [2.75, 3.05) is 6.79 Å². The van der Waals surface area contributed by atoms with Gasteiger partial charge in [0.15, 0.2) is 23.1 Å². The fourth-order valence-electron chi connectivity index (χ4n) is 5.38. The van der Waals surface area contributed by atoms with E-state index in [4.69, 9.17) is 29.5 Å². The van der Waals surface area contributed by atoms with Crippen LogP contribution in [0, 0.1) is 11.6 Å². The number of carbonyl (C=O) groups excluding carboxylic acids is 1. The van der Waals surface area contributed by atoms with Crippen LogP contribution in [0.3, 0.4) is 0 Å². The highest BCUT2D eigenvalue weighted by Crippen LogP contribution is 2.33. The van der Waals surface area contributed by atoms with E-state index in [1.54, 1.807) is 6.07 Å². The maximum atomic E-state index is 13.3. The second kappa shape index (κ2) is 14.4. The number of aliphatic hydroxyl groups is 4. The molecule has 2 saturated heterocycles. The van der Waals surface area contributed by atoms with E-state index in [2.05, 4.69) is 10.5 Å². The molecule has 2 aromatic rings. The Balaban J connectivity index is 1.13. The Labute approximate surface area is 261 Å². The van der Waals surface area contributed by atoms with Crippen LogP contribution in [0.15, 0.2) is 47.1 Å². The lowest BCUT2D eigenvalue weighted by molar-refractivity contribution is -0.155. The molecule has 0 spiro atoms. The molecule has 2 aromatic carbocycles. The minimum atomic E-state index is -1.50. The summed E-state index contributed by atoms with van der Waals surface area (Å²) in [6, 6.07) is 5.40. The number of aliphatic hydroxyl groups excluding tert-OH is 4. The van der Waals surface area contributed by atoms with Crippen LogP contribution >= 0.6 is 0 Å². The van der Waals surface area contributed by atoms with Crippen LogP contribution in [0.5, 0.6) is 11.5 Å². The summed E-state index contributed by atoms with van der Waals surface area (Å²) in [4.78, 5) is 17.9. The third-order valence-corrected chi connectivity index (χ3v) is 7.97. The van der Waals surface area contributed by atoms with Gasteiger partial charge in [0.1, 0.15) is 50.0 Å². The molecule has 16 heteroatoms. The minimum absolute atomic E-state index is 0.00754. The molecule has 46 heavy (non-hydrogen) atoms. The number of nitrogens with two attached hydrogens (primary N) is 1. The number of oxime groups is 1. The molecule has 0 radical (unpaired) electrons. The predicted molar refractivity (Wildman–Crippen MR) is 154 cm³/mol. The molecule has 8 N–H and O–H groups in total. The molecule has 0 bridgehead atoms. The summed E-state index contributed by atoms with van der Waals surface area (Å²) in [5, 5.41) is 58.6. The smallest absolute Gasteiger partial charge is 0.247 e. The number of phenolic OH excluding ortho intramolecular Hbond substituents is 1. The first-order valence-electron chi connectivity index (χ1n) is 14.4. The number of nitrogens with one attached hydrogen (secondary N) is 1. The number of halogens is 2. The molecule has 2 aliphatic heterocycles. The first kappa shape index (κ1) is 33.6. The highest BCUT2D eigenvalue weighted by Gasteiger charge is 2.53. The van der Waals surface area contributed by atoms with Crippen molar-refractivity contribution in [1.82, 2.24) is 5.32 Å². The van der Waals surface area contributed by atoms with E-state index in [-0.39, 0.29) is 36.9 Å². The lowest BCUT2D eigenvalue weighted by Crippen LogP contribution is -2.67. The van der Waals surface area contributed by atoms with Crippen LogP contribution in [-0.4, -0.2) is 106 Å². The summed E-state index contributed by atoms with van der Waals surface area (Å²) in [5.74, 6) is -2.94. The summed E-state index contributed by atoms with van der Waals surface area (Å²) in [6.07, 6.45) is -6.28. The first-order valence-corrected chi connectivity index (χ1v) is 14.4. The standard InChI is InChI=1S/C30H35F2N3O11/c1-13(29(41)35-22-24(38)26(40)28-27(25(22)39)42-12-43-28)8-14-3-5-19(18(36)10-14)45-30-21(33)23(37)20(46-30)6-7-34-44-11-15-2-4-16(31)17(32)9-15/h2-5,7-10,20-28,30,36-40H,6,11-12,33H2,1H3,(H,35,41)/b13-8+,34-7+/t20-,21-,22-,23-,24+,25-,26-,27+,28-,30-/m1/s1. The zero-order chi connectivity index (χ0) is 33.1. The molecule has 1 amide bonds. The number of aromatic hydroxyl groups is 1. The lowest BCUT2D eigenvalue weighted by Gasteiger charge is -2.41. The van der Waals surface area contributed by atoms with Crippen LogP contribution in [0.4, 0.5) is 8.78 Å². The molecule has 2 heterocycles. The Morgan fingerprint density at radius 1 is 1.04 bits per heavy atom. The molecule has 0 unspecified atom stereocenters. The van der Waals surface area contributed by atoms with E-state index in [1.807, 2.05) is 0 Å². The largest absolute Gasteiger partial charge is 0.504 e. The molecule has 3 aliphatic rings. The normalized spacial score (nSPS) is 32.8. The highest BCUT2D eigenvalue weighted by molar-refractivity contribution is 5.97. The van der Waals surface area contributed by atoms with E-state index >= 15 is 0 Å². The summed E-state index contributed by atoms with van der Waals surface area (Å²) < 4.78 is 48.2. The molecule has 1 aliphatic carbocycles. The van der Waals surface area contributed by atoms with Crippen LogP contribution in [-0.2, 0) is 30.4 Å². The van der Waals surface area contributed by atoms with Crippen LogP contribution in [0.2, 0.25) is 0 Å². The molecular formula is C30H35F2N3O11. The molecule has 10 atom stereocenters. The van der Waals surface area contributed by atoms with Gasteiger partial charge in [0.25, 0.3) is 0 Å². The zero-order valence-corrected chi connectivity index (χ0v) is 24.5. The van der Waals surface area contributed by atoms with E-state index in [9.17, 15) is 39.1 Å². The van der Waals surface area contributed by atoms with Gasteiger partial charge < -0.3 is 60.4 Å². The third-order valence-electron chi connectivity index (χ3n) is 7.97. The Morgan fingerprint density at radius 3 is 2.50 bits per heavy atom. The Morgan fingerprint density at radius 2 is 1.78 bits per heavy atom. The van der Waals surface area contributed by atoms with Gasteiger partial charge in [-0.25, -0.2) is 8.78 Å². The van der Waals surface area contributed by atoms with Gasteiger partial charge >= 0.3 is 0 Å². The van der Waals surface area contributed by atoms with Gasteiger partial charge in [-0.3, -0.25) is 4.79 Å². The Bertz CT molecular complexity index is 1460. The van der Waals surface area contributed by atoms with E-state index < -0.39 is 78.6 Å². The summed E-state index contributed by atoms with van der Waals surface area (Å²) >= 11 is 0. The van der Waals surface area contributed by atoms with Gasteiger partial charge in [-0.2, -0.15) is 0 Å². The van der Waals surface area contributed by atoms with Crippen LogP contribution < -0.4 is 15.8 Å². The van der Waals surface area contributed by atoms with Crippen molar-refractivity contribution in [3.8, 4) is 11.5 Å². The molecule has 1 saturated carbocycles. The third kappa shape index (κ3) is 7.29. The van der Waals surface area contributed by atoms with E-state index in [0.717, 1.165) is 12.1 Å². The second-order valence-corrected chi connectivity index (χ2v) is 11.2. The summed E-state index contributed by atoms with van der Waals surface area (Å²) in [5.41, 5.74) is 7.00. The number of hydrogen-bond donors (Lipinski definition) is 7. The second-order valence-electron chi connectivity index (χ2n) is 11.2. The van der Waals surface area contributed by atoms with Crippen LogP contribution in [0.1, 0.15) is 24.5 Å². The monoisotopic (exact) mass is 651 g/mol. The number of phenols is 1. The van der Waals surface area contributed by atoms with Gasteiger partial charge in [0.05, 0.1) is 18.2 Å². The van der Waals surface area contributed by atoms with Gasteiger partial charge in [0.2, 0.25) is 12.2 Å². The van der Waals surface area contributed by atoms with Crippen molar-refractivity contribution in [3.05, 3.63) is 64.7 Å². The number of fused-ring (bicyclic) bond motifs is 1. The quantitative estimate of drug-likeness (QED) is 0.101. The number of benzene rings is 2. The average molecular weight is 652 g/mol. The molecule has 0 aromatic heterocycles. The lowest BCUT2D eigenvalue weighted by atomic mass is 9.83. The van der Waals surface area contributed by atoms with Gasteiger partial charge in [-0.15, -0.1) is 0 Å². The van der Waals surface area contributed by atoms with Crippen molar-refractivity contribution in [2.24, 2.45) is 10.9 Å². The van der Waals surface area contributed by atoms with Gasteiger partial charge in [0, 0.05) is 18.2 Å². The average Bonchev–Trinajstić information content (AvgIpc) is 3.62. The number of ether oxygens (including phenoxy) is 4. The van der Waals surface area contributed by atoms with Gasteiger partial charge in [-0.05, 0) is 48.4 Å². The molecule has 250 valence electrons. The molecular weight excluding hydrogens is 616 g/mol. The maximum Gasteiger partial charge on any atom is 0.247 e. The van der Waals surface area contributed by atoms with Gasteiger partial charge in [-0.1, -0.05) is 17.3 Å². The highest BCUT2D eigenvalue weighted by atomic mass is 19.2. The summed E-state index contributed by atoms with van der Waals surface area (Å²) in [7, 11) is 0. The summed E-state index contributed by atoms with van der Waals surface area (Å²) in [6.45, 7) is 1.22. The molecule has 3 fully saturated rings. The number of carbonyl (C=O) groups is 1. The number of rotatable bonds is 10. The Hall–Kier alpha value is -3.74. The van der Waals surface area contributed by atoms with E-state index in [0.29, 0.717) is 11.1 Å². The maximum absolute atomic E-state index is 13.3. The van der Waals surface area contributed by atoms with Crippen molar-refractivity contribution in [3.63, 3.8) is 0 Å². The first-order chi connectivity index (χ1) is 21.9. The SMILES string of the molecule is C/C(=C\c1ccc(O[C@@H]2O[C@H](C/C=N/OCc3ccc(F)c(F)c3)[C@@H](O)[C@H]2N)c(O)c1)C(=O)N[C@@H]1[C@H](O)[C@@H](O)[C@H]2OCO[C@H]2[C@@H]1O. The number of amides is 1.